The normalized spacial score (nSPS) is 10.6. The molecular weight excluding hydrogens is 349 g/mol. The van der Waals surface area contributed by atoms with E-state index in [2.05, 4.69) is 10.3 Å². The fourth-order valence-electron chi connectivity index (χ4n) is 2.28. The number of carbonyl (C=O) groups excluding carboxylic acids is 2. The summed E-state index contributed by atoms with van der Waals surface area (Å²) in [6, 6.07) is 3.68. The van der Waals surface area contributed by atoms with Crippen molar-refractivity contribution in [2.75, 3.05) is 13.1 Å². The summed E-state index contributed by atoms with van der Waals surface area (Å²) in [4.78, 5) is 30.2. The third-order valence-corrected chi connectivity index (χ3v) is 3.97. The standard InChI is InChI=1S/C17H19ClFN3O3/c1-4-22(5-2)17(24)15-10(3)25-14(21-15)9-20-16(23)11-6-7-13(19)12(18)8-11/h6-8H,4-5,9H2,1-3H3,(H,20,23). The molecule has 0 aliphatic rings. The molecule has 134 valence electrons. The van der Waals surface area contributed by atoms with Gasteiger partial charge in [-0.25, -0.2) is 9.37 Å². The van der Waals surface area contributed by atoms with Crippen LogP contribution in [0.5, 0.6) is 0 Å². The zero-order valence-electron chi connectivity index (χ0n) is 14.2. The van der Waals surface area contributed by atoms with Crippen molar-refractivity contribution in [1.82, 2.24) is 15.2 Å². The molecule has 0 atom stereocenters. The first-order chi connectivity index (χ1) is 11.9. The molecule has 0 unspecified atom stereocenters. The number of amides is 2. The minimum absolute atomic E-state index is 0.000197. The van der Waals surface area contributed by atoms with Crippen molar-refractivity contribution in [3.63, 3.8) is 0 Å². The number of hydrogen-bond donors (Lipinski definition) is 1. The smallest absolute Gasteiger partial charge is 0.276 e. The van der Waals surface area contributed by atoms with Crippen LogP contribution in [0, 0.1) is 12.7 Å². The Morgan fingerprint density at radius 3 is 2.60 bits per heavy atom. The molecule has 1 aromatic heterocycles. The second-order valence-corrected chi connectivity index (χ2v) is 5.71. The number of nitrogens with one attached hydrogen (secondary N) is 1. The van der Waals surface area contributed by atoms with Gasteiger partial charge in [0.25, 0.3) is 11.8 Å². The second-order valence-electron chi connectivity index (χ2n) is 5.30. The summed E-state index contributed by atoms with van der Waals surface area (Å²) >= 11 is 5.66. The molecule has 0 saturated carbocycles. The molecule has 25 heavy (non-hydrogen) atoms. The quantitative estimate of drug-likeness (QED) is 0.850. The number of rotatable bonds is 6. The van der Waals surface area contributed by atoms with Gasteiger partial charge in [-0.2, -0.15) is 0 Å². The predicted octanol–water partition coefficient (Wildman–Crippen LogP) is 3.19. The maximum absolute atomic E-state index is 13.1. The molecule has 2 aromatic rings. The van der Waals surface area contributed by atoms with Crippen LogP contribution in [-0.4, -0.2) is 34.8 Å². The van der Waals surface area contributed by atoms with E-state index in [1.807, 2.05) is 13.8 Å². The number of nitrogens with zero attached hydrogens (tertiary/aromatic N) is 2. The number of aryl methyl sites for hydroxylation is 1. The SMILES string of the molecule is CCN(CC)C(=O)c1nc(CNC(=O)c2ccc(F)c(Cl)c2)oc1C. The first-order valence-electron chi connectivity index (χ1n) is 7.86. The van der Waals surface area contributed by atoms with E-state index in [-0.39, 0.29) is 34.6 Å². The molecule has 2 amide bonds. The minimum atomic E-state index is -0.596. The number of aromatic nitrogens is 1. The lowest BCUT2D eigenvalue weighted by atomic mass is 10.2. The molecule has 0 spiro atoms. The average Bonchev–Trinajstić information content (AvgIpc) is 2.97. The van der Waals surface area contributed by atoms with Gasteiger partial charge in [0.2, 0.25) is 5.89 Å². The molecule has 1 N–H and O–H groups in total. The largest absolute Gasteiger partial charge is 0.443 e. The summed E-state index contributed by atoms with van der Waals surface area (Å²) in [5, 5.41) is 2.46. The van der Waals surface area contributed by atoms with E-state index >= 15 is 0 Å². The first-order valence-corrected chi connectivity index (χ1v) is 8.24. The van der Waals surface area contributed by atoms with Gasteiger partial charge < -0.3 is 14.6 Å². The molecule has 0 bridgehead atoms. The van der Waals surface area contributed by atoms with Crippen molar-refractivity contribution in [1.29, 1.82) is 0 Å². The number of hydrogen-bond acceptors (Lipinski definition) is 4. The fourth-order valence-corrected chi connectivity index (χ4v) is 2.46. The van der Waals surface area contributed by atoms with Crippen molar-refractivity contribution in [2.24, 2.45) is 0 Å². The van der Waals surface area contributed by atoms with Gasteiger partial charge >= 0.3 is 0 Å². The molecule has 0 radical (unpaired) electrons. The van der Waals surface area contributed by atoms with E-state index in [1.165, 1.54) is 12.1 Å². The van der Waals surface area contributed by atoms with Crippen molar-refractivity contribution in [2.45, 2.75) is 27.3 Å². The lowest BCUT2D eigenvalue weighted by molar-refractivity contribution is 0.0766. The third-order valence-electron chi connectivity index (χ3n) is 3.68. The van der Waals surface area contributed by atoms with Gasteiger partial charge in [0.1, 0.15) is 11.6 Å². The van der Waals surface area contributed by atoms with E-state index in [1.54, 1.807) is 11.8 Å². The Bertz CT molecular complexity index is 787. The molecule has 0 fully saturated rings. The van der Waals surface area contributed by atoms with Crippen molar-refractivity contribution < 1.29 is 18.4 Å². The zero-order chi connectivity index (χ0) is 18.6. The summed E-state index contributed by atoms with van der Waals surface area (Å²) < 4.78 is 18.6. The highest BCUT2D eigenvalue weighted by Crippen LogP contribution is 2.16. The van der Waals surface area contributed by atoms with Crippen molar-refractivity contribution in [3.05, 3.63) is 51.9 Å². The number of carbonyl (C=O) groups is 2. The topological polar surface area (TPSA) is 75.4 Å². The van der Waals surface area contributed by atoms with Crippen LogP contribution >= 0.6 is 11.6 Å². The van der Waals surface area contributed by atoms with Gasteiger partial charge in [0.15, 0.2) is 5.69 Å². The Balaban J connectivity index is 2.06. The lowest BCUT2D eigenvalue weighted by Gasteiger charge is -2.16. The van der Waals surface area contributed by atoms with Gasteiger partial charge in [0, 0.05) is 18.7 Å². The molecule has 6 nitrogen and oxygen atoms in total. The molecule has 0 saturated heterocycles. The Labute approximate surface area is 150 Å². The van der Waals surface area contributed by atoms with E-state index in [9.17, 15) is 14.0 Å². The van der Waals surface area contributed by atoms with E-state index in [0.29, 0.717) is 18.8 Å². The summed E-state index contributed by atoms with van der Waals surface area (Å²) in [7, 11) is 0. The molecule has 0 aliphatic carbocycles. The van der Waals surface area contributed by atoms with Crippen LogP contribution in [0.1, 0.15) is 46.3 Å². The Morgan fingerprint density at radius 2 is 2.00 bits per heavy atom. The molecule has 0 aliphatic heterocycles. The first kappa shape index (κ1) is 18.9. The Hall–Kier alpha value is -2.41. The Morgan fingerprint density at radius 1 is 1.32 bits per heavy atom. The van der Waals surface area contributed by atoms with E-state index < -0.39 is 11.7 Å². The van der Waals surface area contributed by atoms with E-state index in [0.717, 1.165) is 6.07 Å². The van der Waals surface area contributed by atoms with Gasteiger partial charge in [0.05, 0.1) is 11.6 Å². The molecule has 1 heterocycles. The van der Waals surface area contributed by atoms with Crippen LogP contribution in [0.3, 0.4) is 0 Å². The Kier molecular flexibility index (Phi) is 6.14. The highest BCUT2D eigenvalue weighted by atomic mass is 35.5. The second kappa shape index (κ2) is 8.11. The zero-order valence-corrected chi connectivity index (χ0v) is 15.0. The maximum atomic E-state index is 13.1. The average molecular weight is 368 g/mol. The van der Waals surface area contributed by atoms with Crippen LogP contribution in [0.4, 0.5) is 4.39 Å². The van der Waals surface area contributed by atoms with Crippen LogP contribution in [-0.2, 0) is 6.54 Å². The monoisotopic (exact) mass is 367 g/mol. The van der Waals surface area contributed by atoms with Crippen LogP contribution in [0.2, 0.25) is 5.02 Å². The van der Waals surface area contributed by atoms with Crippen LogP contribution in [0.15, 0.2) is 22.6 Å². The number of halogens is 2. The number of oxazole rings is 1. The lowest BCUT2D eigenvalue weighted by Crippen LogP contribution is -2.31. The molecule has 8 heteroatoms. The van der Waals surface area contributed by atoms with Crippen molar-refractivity contribution >= 4 is 23.4 Å². The van der Waals surface area contributed by atoms with Gasteiger partial charge in [-0.1, -0.05) is 11.6 Å². The third kappa shape index (κ3) is 4.36. The van der Waals surface area contributed by atoms with Gasteiger partial charge in [-0.3, -0.25) is 9.59 Å². The van der Waals surface area contributed by atoms with E-state index in [4.69, 9.17) is 16.0 Å². The fraction of sp³-hybridized carbons (Fsp3) is 0.353. The van der Waals surface area contributed by atoms with Gasteiger partial charge in [-0.05, 0) is 39.0 Å². The summed E-state index contributed by atoms with van der Waals surface area (Å²) in [5.41, 5.74) is 0.451. The van der Waals surface area contributed by atoms with Crippen LogP contribution in [0.25, 0.3) is 0 Å². The van der Waals surface area contributed by atoms with Crippen LogP contribution < -0.4 is 5.32 Å². The predicted molar refractivity (Wildman–Crippen MR) is 91.1 cm³/mol. The summed E-state index contributed by atoms with van der Waals surface area (Å²) in [6.45, 7) is 6.55. The minimum Gasteiger partial charge on any atom is -0.443 e. The molecule has 2 rings (SSSR count). The molecular formula is C17H19ClFN3O3. The number of benzene rings is 1. The summed E-state index contributed by atoms with van der Waals surface area (Å²) in [6.07, 6.45) is 0. The summed E-state index contributed by atoms with van der Waals surface area (Å²) in [5.74, 6) is -0.648. The van der Waals surface area contributed by atoms with Crippen molar-refractivity contribution in [3.8, 4) is 0 Å². The van der Waals surface area contributed by atoms with Gasteiger partial charge in [-0.15, -0.1) is 0 Å². The maximum Gasteiger partial charge on any atom is 0.276 e. The highest BCUT2D eigenvalue weighted by Gasteiger charge is 2.21. The molecule has 1 aromatic carbocycles. The highest BCUT2D eigenvalue weighted by molar-refractivity contribution is 6.31.